The minimum Gasteiger partial charge on any atom is -0.497 e. The van der Waals surface area contributed by atoms with Crippen LogP contribution in [-0.2, 0) is 17.9 Å². The number of rotatable bonds is 10. The van der Waals surface area contributed by atoms with Crippen LogP contribution in [0.15, 0.2) is 52.1 Å². The summed E-state index contributed by atoms with van der Waals surface area (Å²) in [5, 5.41) is 12.3. The number of hydrogen-bond donors (Lipinski definition) is 2. The Hall–Kier alpha value is -4.45. The molecule has 2 aromatic carbocycles. The Morgan fingerprint density at radius 2 is 1.85 bits per heavy atom. The molecule has 2 N–H and O–H groups in total. The smallest absolute Gasteiger partial charge is 0.328 e. The highest BCUT2D eigenvalue weighted by molar-refractivity contribution is 6.09. The fraction of sp³-hybridized carbons (Fsp3) is 0.367. The van der Waals surface area contributed by atoms with Crippen molar-refractivity contribution in [2.24, 2.45) is 5.41 Å². The van der Waals surface area contributed by atoms with Crippen LogP contribution in [0.1, 0.15) is 77.3 Å². The van der Waals surface area contributed by atoms with E-state index in [0.29, 0.717) is 24.9 Å². The van der Waals surface area contributed by atoms with E-state index in [2.05, 4.69) is 10.3 Å². The average Bonchev–Trinajstić information content (AvgIpc) is 3.66. The number of carbonyl (C=O) groups excluding carboxylic acids is 2. The van der Waals surface area contributed by atoms with E-state index in [1.807, 2.05) is 30.3 Å². The number of ketones is 1. The van der Waals surface area contributed by atoms with Gasteiger partial charge in [0.1, 0.15) is 11.4 Å². The van der Waals surface area contributed by atoms with Gasteiger partial charge in [0.15, 0.2) is 0 Å². The quantitative estimate of drug-likeness (QED) is 0.387. The van der Waals surface area contributed by atoms with E-state index in [1.54, 1.807) is 40.0 Å². The third-order valence-electron chi connectivity index (χ3n) is 7.13. The van der Waals surface area contributed by atoms with Crippen LogP contribution in [0, 0.1) is 23.7 Å². The van der Waals surface area contributed by atoms with Crippen molar-refractivity contribution in [1.29, 1.82) is 5.26 Å². The molecule has 4 rings (SSSR count). The van der Waals surface area contributed by atoms with Crippen molar-refractivity contribution in [1.82, 2.24) is 14.9 Å². The van der Waals surface area contributed by atoms with Crippen molar-refractivity contribution >= 4 is 11.7 Å². The van der Waals surface area contributed by atoms with Crippen molar-refractivity contribution in [3.8, 4) is 11.8 Å². The Morgan fingerprint density at radius 3 is 2.44 bits per heavy atom. The maximum absolute atomic E-state index is 13.8. The molecular formula is C30H32N4O5. The Kier molecular flexibility index (Phi) is 7.86. The summed E-state index contributed by atoms with van der Waals surface area (Å²) in [6.45, 7) is 5.82. The van der Waals surface area contributed by atoms with Gasteiger partial charge in [0.05, 0.1) is 18.7 Å². The number of H-pyrrole nitrogens is 1. The predicted octanol–water partition coefficient (Wildman–Crippen LogP) is 3.57. The van der Waals surface area contributed by atoms with E-state index in [9.17, 15) is 24.4 Å². The molecule has 3 aromatic rings. The van der Waals surface area contributed by atoms with Crippen LogP contribution in [0.3, 0.4) is 0 Å². The summed E-state index contributed by atoms with van der Waals surface area (Å²) in [4.78, 5) is 55.0. The molecule has 1 heterocycles. The summed E-state index contributed by atoms with van der Waals surface area (Å²) in [5.41, 5.74) is 0.613. The van der Waals surface area contributed by atoms with Gasteiger partial charge in [0.25, 0.3) is 5.56 Å². The van der Waals surface area contributed by atoms with E-state index in [1.165, 1.54) is 10.6 Å². The lowest BCUT2D eigenvalue weighted by molar-refractivity contribution is -0.122. The maximum Gasteiger partial charge on any atom is 0.328 e. The van der Waals surface area contributed by atoms with Crippen LogP contribution in [0.2, 0.25) is 0 Å². The van der Waals surface area contributed by atoms with Gasteiger partial charge in [-0.3, -0.25) is 23.9 Å². The zero-order chi connectivity index (χ0) is 28.3. The second-order valence-electron chi connectivity index (χ2n) is 10.6. The molecule has 0 unspecified atom stereocenters. The number of hydrogen-bond acceptors (Lipinski definition) is 6. The molecule has 1 aliphatic rings. The molecule has 9 heteroatoms. The zero-order valence-electron chi connectivity index (χ0n) is 22.6. The van der Waals surface area contributed by atoms with E-state index in [-0.39, 0.29) is 41.6 Å². The number of nitrogens with one attached hydrogen (secondary N) is 2. The molecule has 202 valence electrons. The van der Waals surface area contributed by atoms with E-state index < -0.39 is 22.4 Å². The third kappa shape index (κ3) is 6.17. The van der Waals surface area contributed by atoms with Crippen LogP contribution >= 0.6 is 0 Å². The molecule has 1 fully saturated rings. The molecule has 1 amide bonds. The monoisotopic (exact) mass is 528 g/mol. The molecule has 0 radical (unpaired) electrons. The molecule has 0 aliphatic heterocycles. The molecule has 0 saturated heterocycles. The van der Waals surface area contributed by atoms with Gasteiger partial charge in [-0.2, -0.15) is 5.26 Å². The summed E-state index contributed by atoms with van der Waals surface area (Å²) in [6.07, 6.45) is 1.60. The number of nitrogens with zero attached hydrogens (tertiary/aromatic N) is 2. The first kappa shape index (κ1) is 27.6. The van der Waals surface area contributed by atoms with E-state index in [0.717, 1.165) is 16.9 Å². The van der Waals surface area contributed by atoms with Gasteiger partial charge >= 0.3 is 5.69 Å². The lowest BCUT2D eigenvalue weighted by atomic mass is 9.94. The van der Waals surface area contributed by atoms with Crippen molar-refractivity contribution < 1.29 is 14.3 Å². The van der Waals surface area contributed by atoms with Crippen molar-refractivity contribution in [2.75, 3.05) is 7.11 Å². The Bertz CT molecular complexity index is 1570. The highest BCUT2D eigenvalue weighted by Crippen LogP contribution is 2.50. The molecule has 39 heavy (non-hydrogen) atoms. The first-order valence-electron chi connectivity index (χ1n) is 12.9. The van der Waals surface area contributed by atoms with Crippen molar-refractivity contribution in [3.63, 3.8) is 0 Å². The largest absolute Gasteiger partial charge is 0.497 e. The average molecular weight is 529 g/mol. The van der Waals surface area contributed by atoms with Crippen LogP contribution < -0.4 is 21.3 Å². The minimum atomic E-state index is -0.689. The Morgan fingerprint density at radius 1 is 1.15 bits per heavy atom. The second-order valence-corrected chi connectivity index (χ2v) is 10.6. The van der Waals surface area contributed by atoms with Gasteiger partial charge < -0.3 is 10.1 Å². The van der Waals surface area contributed by atoms with Gasteiger partial charge in [-0.15, -0.1) is 0 Å². The number of ether oxygens (including phenoxy) is 1. The minimum absolute atomic E-state index is 0.0122. The standard InChI is InChI=1S/C30H32N4O5/c1-18(2)25-26(27(36)22-12-19(3)11-21(13-22)15-31)34(29(38)33-28(25)37)17-30(9-10-30)14-24(35)32-16-20-5-7-23(39-4)8-6-20/h5-8,11-13,18H,9-10,14,16-17H2,1-4H3,(H,32,35)(H,33,37,38). The first-order chi connectivity index (χ1) is 18.6. The molecule has 0 spiro atoms. The molecule has 0 atom stereocenters. The zero-order valence-corrected chi connectivity index (χ0v) is 22.6. The molecular weight excluding hydrogens is 496 g/mol. The summed E-state index contributed by atoms with van der Waals surface area (Å²) in [5.74, 6) is -0.270. The number of carbonyl (C=O) groups is 2. The first-order valence-corrected chi connectivity index (χ1v) is 12.9. The summed E-state index contributed by atoms with van der Waals surface area (Å²) in [6, 6.07) is 14.2. The number of methoxy groups -OCH3 is 1. The number of aromatic amines is 1. The lowest BCUT2D eigenvalue weighted by Crippen LogP contribution is -2.40. The summed E-state index contributed by atoms with van der Waals surface area (Å²) >= 11 is 0. The number of aryl methyl sites for hydroxylation is 1. The van der Waals surface area contributed by atoms with Crippen molar-refractivity contribution in [3.05, 3.63) is 96.8 Å². The fourth-order valence-corrected chi connectivity index (χ4v) is 4.88. The van der Waals surface area contributed by atoms with Crippen LogP contribution in [0.25, 0.3) is 0 Å². The van der Waals surface area contributed by atoms with Crippen molar-refractivity contribution in [2.45, 2.75) is 59.0 Å². The molecule has 1 aliphatic carbocycles. The van der Waals surface area contributed by atoms with Crippen LogP contribution in [0.5, 0.6) is 5.75 Å². The number of aromatic nitrogens is 2. The van der Waals surface area contributed by atoms with Gasteiger partial charge in [0.2, 0.25) is 11.7 Å². The van der Waals surface area contributed by atoms with E-state index in [4.69, 9.17) is 4.74 Å². The summed E-state index contributed by atoms with van der Waals surface area (Å²) < 4.78 is 6.48. The van der Waals surface area contributed by atoms with E-state index >= 15 is 0 Å². The lowest BCUT2D eigenvalue weighted by Gasteiger charge is -2.22. The van der Waals surface area contributed by atoms with Gasteiger partial charge in [0, 0.05) is 30.6 Å². The summed E-state index contributed by atoms with van der Waals surface area (Å²) in [7, 11) is 1.59. The Balaban J connectivity index is 1.63. The number of nitriles is 1. The van der Waals surface area contributed by atoms with Crippen LogP contribution in [0.4, 0.5) is 0 Å². The normalized spacial score (nSPS) is 13.5. The Labute approximate surface area is 226 Å². The highest BCUT2D eigenvalue weighted by atomic mass is 16.5. The third-order valence-corrected chi connectivity index (χ3v) is 7.13. The number of benzene rings is 2. The molecule has 1 aromatic heterocycles. The second kappa shape index (κ2) is 11.1. The maximum atomic E-state index is 13.8. The predicted molar refractivity (Wildman–Crippen MR) is 146 cm³/mol. The highest BCUT2D eigenvalue weighted by Gasteiger charge is 2.45. The van der Waals surface area contributed by atoms with Gasteiger partial charge in [-0.1, -0.05) is 26.0 Å². The van der Waals surface area contributed by atoms with Gasteiger partial charge in [-0.25, -0.2) is 4.79 Å². The molecule has 9 nitrogen and oxygen atoms in total. The molecule has 0 bridgehead atoms. The van der Waals surface area contributed by atoms with Crippen LogP contribution in [-0.4, -0.2) is 28.4 Å². The molecule has 1 saturated carbocycles. The number of amides is 1. The fourth-order valence-electron chi connectivity index (χ4n) is 4.88. The SMILES string of the molecule is COc1ccc(CNC(=O)CC2(Cn3c(C(=O)c4cc(C)cc(C#N)c4)c(C(C)C)c(=O)[nH]c3=O)CC2)cc1. The topological polar surface area (TPSA) is 134 Å². The van der Waals surface area contributed by atoms with Gasteiger partial charge in [-0.05, 0) is 72.6 Å².